The molecule has 0 saturated heterocycles. The van der Waals surface area contributed by atoms with Crippen LogP contribution in [0.5, 0.6) is 0 Å². The summed E-state index contributed by atoms with van der Waals surface area (Å²) in [5.41, 5.74) is 3.28. The van der Waals surface area contributed by atoms with E-state index < -0.39 is 0 Å². The van der Waals surface area contributed by atoms with E-state index in [0.29, 0.717) is 10.2 Å². The van der Waals surface area contributed by atoms with E-state index >= 15 is 0 Å². The van der Waals surface area contributed by atoms with Crippen LogP contribution in [0.1, 0.15) is 20.3 Å². The summed E-state index contributed by atoms with van der Waals surface area (Å²) in [5, 5.41) is 0. The Labute approximate surface area is 86.1 Å². The molecule has 0 unspecified atom stereocenters. The van der Waals surface area contributed by atoms with Crippen molar-refractivity contribution in [3.05, 3.63) is 12.2 Å². The van der Waals surface area contributed by atoms with Gasteiger partial charge in [-0.1, -0.05) is 23.5 Å². The molecule has 0 aromatic rings. The Hall–Kier alpha value is -1.16. The summed E-state index contributed by atoms with van der Waals surface area (Å²) in [5.74, 6) is -0.150. The Morgan fingerprint density at radius 3 is 2.29 bits per heavy atom. The van der Waals surface area contributed by atoms with Gasteiger partial charge >= 0.3 is 5.91 Å². The molecule has 0 spiro atoms. The molecule has 0 atom stereocenters. The summed E-state index contributed by atoms with van der Waals surface area (Å²) in [6.07, 6.45) is 2.80. The summed E-state index contributed by atoms with van der Waals surface area (Å²) in [6.45, 7) is 7.30. The average molecular weight is 199 g/mol. The van der Waals surface area contributed by atoms with Gasteiger partial charge in [-0.25, -0.2) is 0 Å². The minimum absolute atomic E-state index is 0.150. The van der Waals surface area contributed by atoms with Crippen LogP contribution in [0, 0.1) is 0 Å². The fourth-order valence-corrected chi connectivity index (χ4v) is 0.813. The zero-order valence-corrected chi connectivity index (χ0v) is 9.79. The molecule has 0 aliphatic carbocycles. The molecule has 0 heterocycles. The zero-order chi connectivity index (χ0) is 11.4. The van der Waals surface area contributed by atoms with Gasteiger partial charge in [0.15, 0.2) is 0 Å². The standard InChI is InChI=1S/C10H20N3O/c1-7-8-12(13(4,5)6)11-10(14)9(2)3/h8H,2,7H2,1,3-6H3/q+1/p+1. The highest BCUT2D eigenvalue weighted by atomic mass is 16.2. The van der Waals surface area contributed by atoms with Gasteiger partial charge in [0, 0.05) is 12.0 Å². The Morgan fingerprint density at radius 1 is 1.50 bits per heavy atom. The molecule has 0 aromatic heterocycles. The molecule has 0 aliphatic rings. The number of hydrogen-bond donors (Lipinski definition) is 1. The van der Waals surface area contributed by atoms with Gasteiger partial charge in [0.05, 0.1) is 4.79 Å². The van der Waals surface area contributed by atoms with Crippen LogP contribution in [0.15, 0.2) is 12.2 Å². The maximum Gasteiger partial charge on any atom is 0.306 e. The van der Waals surface area contributed by atoms with Crippen molar-refractivity contribution in [2.45, 2.75) is 20.3 Å². The van der Waals surface area contributed by atoms with Crippen molar-refractivity contribution < 1.29 is 14.2 Å². The van der Waals surface area contributed by atoms with Crippen LogP contribution in [0.3, 0.4) is 0 Å². The van der Waals surface area contributed by atoms with E-state index in [1.165, 1.54) is 0 Å². The molecule has 1 amide bonds. The van der Waals surface area contributed by atoms with Gasteiger partial charge in [-0.3, -0.25) is 4.79 Å². The fourth-order valence-electron chi connectivity index (χ4n) is 0.813. The van der Waals surface area contributed by atoms with E-state index in [1.807, 2.05) is 34.3 Å². The van der Waals surface area contributed by atoms with E-state index in [0.717, 1.165) is 6.42 Å². The summed E-state index contributed by atoms with van der Waals surface area (Å²) in [6, 6.07) is 0. The lowest BCUT2D eigenvalue weighted by atomic mass is 10.3. The highest BCUT2D eigenvalue weighted by molar-refractivity contribution is 5.91. The van der Waals surface area contributed by atoms with Crippen molar-refractivity contribution >= 4 is 12.1 Å². The number of quaternary nitrogens is 1. The molecule has 0 rings (SSSR count). The van der Waals surface area contributed by atoms with Crippen LogP contribution in [0.4, 0.5) is 0 Å². The second kappa shape index (κ2) is 4.91. The van der Waals surface area contributed by atoms with Crippen molar-refractivity contribution in [3.63, 3.8) is 0 Å². The van der Waals surface area contributed by atoms with Gasteiger partial charge in [0.25, 0.3) is 0 Å². The molecule has 4 nitrogen and oxygen atoms in total. The Bertz CT molecular complexity index is 261. The Kier molecular flexibility index (Phi) is 4.50. The Morgan fingerprint density at radius 2 is 2.00 bits per heavy atom. The summed E-state index contributed by atoms with van der Waals surface area (Å²) in [4.78, 5) is 13.2. The smallest absolute Gasteiger partial charge is 0.264 e. The monoisotopic (exact) mass is 199 g/mol. The predicted octanol–water partition coefficient (Wildman–Crippen LogP) is 0.708. The van der Waals surface area contributed by atoms with Crippen molar-refractivity contribution in [2.75, 3.05) is 21.1 Å². The third-order valence-corrected chi connectivity index (χ3v) is 1.61. The molecule has 0 aromatic carbocycles. The molecular weight excluding hydrogens is 178 g/mol. The highest BCUT2D eigenvalue weighted by Crippen LogP contribution is 1.92. The van der Waals surface area contributed by atoms with Crippen LogP contribution < -0.4 is 5.43 Å². The summed E-state index contributed by atoms with van der Waals surface area (Å²) in [7, 11) is 5.93. The van der Waals surface area contributed by atoms with Gasteiger partial charge in [0.2, 0.25) is 6.21 Å². The molecule has 1 N–H and O–H groups in total. The van der Waals surface area contributed by atoms with Gasteiger partial charge in [-0.15, -0.1) is 0 Å². The summed E-state index contributed by atoms with van der Waals surface area (Å²) < 4.78 is 0.521. The number of rotatable bonds is 4. The SMILES string of the molecule is C=C(C)C(=O)N[N+](=CCC)[N+](C)(C)C. The van der Waals surface area contributed by atoms with E-state index in [1.54, 1.807) is 11.7 Å². The van der Waals surface area contributed by atoms with Gasteiger partial charge in [0.1, 0.15) is 21.1 Å². The number of carbonyl (C=O) groups excluding carboxylic acids is 1. The lowest BCUT2D eigenvalue weighted by Crippen LogP contribution is -2.54. The van der Waals surface area contributed by atoms with Crippen LogP contribution in [0.25, 0.3) is 0 Å². The molecule has 0 radical (unpaired) electrons. The molecule has 14 heavy (non-hydrogen) atoms. The second-order valence-electron chi connectivity index (χ2n) is 4.10. The van der Waals surface area contributed by atoms with Crippen molar-refractivity contribution in [1.29, 1.82) is 0 Å². The number of hydrazine groups is 1. The average Bonchev–Trinajstić information content (AvgIpc) is 2.01. The first-order chi connectivity index (χ1) is 6.29. The molecule has 80 valence electrons. The van der Waals surface area contributed by atoms with Crippen LogP contribution in [-0.4, -0.2) is 42.7 Å². The van der Waals surface area contributed by atoms with Gasteiger partial charge < -0.3 is 0 Å². The number of nitrogens with zero attached hydrogens (tertiary/aromatic N) is 2. The van der Waals surface area contributed by atoms with E-state index in [9.17, 15) is 4.79 Å². The van der Waals surface area contributed by atoms with E-state index in [4.69, 9.17) is 0 Å². The van der Waals surface area contributed by atoms with Gasteiger partial charge in [-0.05, 0) is 6.92 Å². The maximum atomic E-state index is 11.4. The minimum Gasteiger partial charge on any atom is -0.264 e. The Balaban J connectivity index is 4.65. The maximum absolute atomic E-state index is 11.4. The molecule has 0 saturated carbocycles. The van der Waals surface area contributed by atoms with E-state index in [-0.39, 0.29) is 5.91 Å². The number of nitrogens with one attached hydrogen (secondary N) is 1. The van der Waals surface area contributed by atoms with Crippen LogP contribution >= 0.6 is 0 Å². The van der Waals surface area contributed by atoms with Crippen LogP contribution in [0.2, 0.25) is 0 Å². The molecule has 0 bridgehead atoms. The van der Waals surface area contributed by atoms with Crippen LogP contribution in [-0.2, 0) is 4.79 Å². The number of carbonyl (C=O) groups is 1. The quantitative estimate of drug-likeness (QED) is 0.233. The van der Waals surface area contributed by atoms with Crippen molar-refractivity contribution in [2.24, 2.45) is 0 Å². The first kappa shape index (κ1) is 12.8. The zero-order valence-electron chi connectivity index (χ0n) is 9.79. The fraction of sp³-hybridized carbons (Fsp3) is 0.600. The number of hydrogen-bond acceptors (Lipinski definition) is 1. The van der Waals surface area contributed by atoms with Crippen molar-refractivity contribution in [3.8, 4) is 0 Å². The molecule has 0 fully saturated rings. The normalized spacial score (nSPS) is 12.5. The van der Waals surface area contributed by atoms with Gasteiger partial charge in [-0.2, -0.15) is 0 Å². The first-order valence-electron chi connectivity index (χ1n) is 4.70. The largest absolute Gasteiger partial charge is 0.306 e. The minimum atomic E-state index is -0.150. The lowest BCUT2D eigenvalue weighted by Gasteiger charge is -2.17. The third kappa shape index (κ3) is 4.18. The second-order valence-corrected chi connectivity index (χ2v) is 4.10. The van der Waals surface area contributed by atoms with E-state index in [2.05, 4.69) is 12.0 Å². The van der Waals surface area contributed by atoms with Crippen molar-refractivity contribution in [1.82, 2.24) is 5.43 Å². The third-order valence-electron chi connectivity index (χ3n) is 1.61. The number of hydrazone groups is 1. The molecule has 4 heteroatoms. The first-order valence-corrected chi connectivity index (χ1v) is 4.70. The topological polar surface area (TPSA) is 32.1 Å². The predicted molar refractivity (Wildman–Crippen MR) is 57.6 cm³/mol. The lowest BCUT2D eigenvalue weighted by molar-refractivity contribution is -1.31. The number of amides is 1. The highest BCUT2D eigenvalue weighted by Gasteiger charge is 2.24. The molecular formula is C10H21N3O+2. The summed E-state index contributed by atoms with van der Waals surface area (Å²) >= 11 is 0. The molecule has 0 aliphatic heterocycles.